The van der Waals surface area contributed by atoms with Crippen LogP contribution in [0.25, 0.3) is 11.1 Å². The van der Waals surface area contributed by atoms with Gasteiger partial charge in [0.2, 0.25) is 0 Å². The number of hydrogen-bond donors (Lipinski definition) is 1. The third-order valence-corrected chi connectivity index (χ3v) is 5.79. The lowest BCUT2D eigenvalue weighted by molar-refractivity contribution is 0.322. The standard InChI is InChI=1S/C24H30N4O/c1-18-22(19(2)27(3)26-18)11-16-29-24-10-5-4-9-23(24)20-7-6-8-21(17-20)28-14-12-25-13-15-28/h4-10,17,25H,11-16H2,1-3H3. The second-order valence-corrected chi connectivity index (χ2v) is 7.65. The Kier molecular flexibility index (Phi) is 5.86. The Morgan fingerprint density at radius 3 is 2.59 bits per heavy atom. The minimum absolute atomic E-state index is 0.641. The highest BCUT2D eigenvalue weighted by atomic mass is 16.5. The molecule has 0 spiro atoms. The van der Waals surface area contributed by atoms with Gasteiger partial charge in [-0.1, -0.05) is 30.3 Å². The topological polar surface area (TPSA) is 42.3 Å². The van der Waals surface area contributed by atoms with E-state index in [1.165, 1.54) is 22.5 Å². The predicted octanol–water partition coefficient (Wildman–Crippen LogP) is 3.74. The van der Waals surface area contributed by atoms with Crippen molar-refractivity contribution in [1.82, 2.24) is 15.1 Å². The Hall–Kier alpha value is -2.79. The van der Waals surface area contributed by atoms with Gasteiger partial charge in [-0.15, -0.1) is 0 Å². The van der Waals surface area contributed by atoms with E-state index < -0.39 is 0 Å². The van der Waals surface area contributed by atoms with Crippen LogP contribution in [0, 0.1) is 13.8 Å². The van der Waals surface area contributed by atoms with Gasteiger partial charge in [0.15, 0.2) is 0 Å². The molecule has 5 nitrogen and oxygen atoms in total. The number of anilines is 1. The molecule has 1 saturated heterocycles. The maximum atomic E-state index is 6.24. The van der Waals surface area contributed by atoms with Gasteiger partial charge in [-0.25, -0.2) is 0 Å². The number of aryl methyl sites for hydroxylation is 2. The molecule has 1 N–H and O–H groups in total. The summed E-state index contributed by atoms with van der Waals surface area (Å²) in [7, 11) is 1.99. The van der Waals surface area contributed by atoms with E-state index in [0.29, 0.717) is 6.61 Å². The lowest BCUT2D eigenvalue weighted by Gasteiger charge is -2.29. The van der Waals surface area contributed by atoms with E-state index in [1.54, 1.807) is 0 Å². The normalized spacial score (nSPS) is 14.2. The number of piperazine rings is 1. The fraction of sp³-hybridized carbons (Fsp3) is 0.375. The monoisotopic (exact) mass is 390 g/mol. The molecular weight excluding hydrogens is 360 g/mol. The van der Waals surface area contributed by atoms with Crippen LogP contribution in [-0.2, 0) is 13.5 Å². The number of nitrogens with zero attached hydrogens (tertiary/aromatic N) is 3. The number of nitrogens with one attached hydrogen (secondary N) is 1. The van der Waals surface area contributed by atoms with E-state index in [2.05, 4.69) is 71.6 Å². The molecule has 3 aromatic rings. The number of aromatic nitrogens is 2. The van der Waals surface area contributed by atoms with E-state index in [4.69, 9.17) is 4.74 Å². The Morgan fingerprint density at radius 1 is 1.03 bits per heavy atom. The van der Waals surface area contributed by atoms with Gasteiger partial charge >= 0.3 is 0 Å². The summed E-state index contributed by atoms with van der Waals surface area (Å²) >= 11 is 0. The van der Waals surface area contributed by atoms with Crippen molar-refractivity contribution in [3.8, 4) is 16.9 Å². The van der Waals surface area contributed by atoms with Gasteiger partial charge in [0, 0.05) is 56.6 Å². The minimum Gasteiger partial charge on any atom is -0.493 e. The van der Waals surface area contributed by atoms with E-state index in [-0.39, 0.29) is 0 Å². The van der Waals surface area contributed by atoms with Crippen LogP contribution in [0.15, 0.2) is 48.5 Å². The lowest BCUT2D eigenvalue weighted by atomic mass is 10.0. The molecule has 0 amide bonds. The molecule has 2 aromatic carbocycles. The van der Waals surface area contributed by atoms with Crippen molar-refractivity contribution in [3.63, 3.8) is 0 Å². The molecule has 2 heterocycles. The van der Waals surface area contributed by atoms with Gasteiger partial charge < -0.3 is 15.0 Å². The summed E-state index contributed by atoms with van der Waals surface area (Å²) < 4.78 is 8.18. The fourth-order valence-corrected chi connectivity index (χ4v) is 4.07. The number of para-hydroxylation sites is 1. The smallest absolute Gasteiger partial charge is 0.127 e. The molecule has 29 heavy (non-hydrogen) atoms. The molecule has 0 radical (unpaired) electrons. The Morgan fingerprint density at radius 2 is 1.83 bits per heavy atom. The predicted molar refractivity (Wildman–Crippen MR) is 119 cm³/mol. The van der Waals surface area contributed by atoms with Crippen molar-refractivity contribution in [2.75, 3.05) is 37.7 Å². The Labute approximate surface area is 173 Å². The van der Waals surface area contributed by atoms with Crippen LogP contribution in [0.5, 0.6) is 5.75 Å². The maximum absolute atomic E-state index is 6.24. The average molecular weight is 391 g/mol. The molecule has 4 rings (SSSR count). The molecular formula is C24H30N4O. The highest BCUT2D eigenvalue weighted by Gasteiger charge is 2.13. The second kappa shape index (κ2) is 8.70. The Bertz CT molecular complexity index is 973. The molecule has 0 saturated carbocycles. The van der Waals surface area contributed by atoms with Crippen LogP contribution < -0.4 is 15.0 Å². The summed E-state index contributed by atoms with van der Waals surface area (Å²) in [6, 6.07) is 17.1. The third-order valence-electron chi connectivity index (χ3n) is 5.79. The zero-order valence-corrected chi connectivity index (χ0v) is 17.6. The van der Waals surface area contributed by atoms with Crippen molar-refractivity contribution < 1.29 is 4.74 Å². The summed E-state index contributed by atoms with van der Waals surface area (Å²) in [5.74, 6) is 0.934. The molecule has 1 aliphatic heterocycles. The summed E-state index contributed by atoms with van der Waals surface area (Å²) in [5, 5.41) is 7.93. The quantitative estimate of drug-likeness (QED) is 0.696. The van der Waals surface area contributed by atoms with E-state index in [9.17, 15) is 0 Å². The number of hydrogen-bond acceptors (Lipinski definition) is 4. The Balaban J connectivity index is 1.51. The van der Waals surface area contributed by atoms with Crippen LogP contribution in [-0.4, -0.2) is 42.6 Å². The molecule has 0 bridgehead atoms. The summed E-state index contributed by atoms with van der Waals surface area (Å²) in [5.41, 5.74) is 7.20. The van der Waals surface area contributed by atoms with E-state index in [1.807, 2.05) is 17.8 Å². The average Bonchev–Trinajstić information content (AvgIpc) is 3.01. The third kappa shape index (κ3) is 4.30. The molecule has 1 aliphatic rings. The van der Waals surface area contributed by atoms with Crippen LogP contribution in [0.2, 0.25) is 0 Å². The first-order chi connectivity index (χ1) is 14.1. The van der Waals surface area contributed by atoms with Crippen molar-refractivity contribution >= 4 is 5.69 Å². The molecule has 1 aromatic heterocycles. The number of benzene rings is 2. The lowest BCUT2D eigenvalue weighted by Crippen LogP contribution is -2.43. The zero-order valence-electron chi connectivity index (χ0n) is 17.6. The van der Waals surface area contributed by atoms with E-state index >= 15 is 0 Å². The summed E-state index contributed by atoms with van der Waals surface area (Å²) in [6.45, 7) is 9.00. The molecule has 0 aliphatic carbocycles. The van der Waals surface area contributed by atoms with Gasteiger partial charge in [0.1, 0.15) is 5.75 Å². The molecule has 152 valence electrons. The maximum Gasteiger partial charge on any atom is 0.127 e. The van der Waals surface area contributed by atoms with Crippen LogP contribution >= 0.6 is 0 Å². The number of ether oxygens (including phenoxy) is 1. The molecule has 5 heteroatoms. The van der Waals surface area contributed by atoms with Gasteiger partial charge in [0.05, 0.1) is 12.3 Å². The van der Waals surface area contributed by atoms with Crippen LogP contribution in [0.3, 0.4) is 0 Å². The summed E-state index contributed by atoms with van der Waals surface area (Å²) in [4.78, 5) is 2.44. The van der Waals surface area contributed by atoms with Gasteiger partial charge in [0.25, 0.3) is 0 Å². The highest BCUT2D eigenvalue weighted by Crippen LogP contribution is 2.32. The first kappa shape index (κ1) is 19.5. The minimum atomic E-state index is 0.641. The van der Waals surface area contributed by atoms with Crippen LogP contribution in [0.4, 0.5) is 5.69 Å². The number of rotatable bonds is 6. The van der Waals surface area contributed by atoms with Gasteiger partial charge in [-0.2, -0.15) is 5.10 Å². The second-order valence-electron chi connectivity index (χ2n) is 7.65. The molecule has 0 unspecified atom stereocenters. The largest absolute Gasteiger partial charge is 0.493 e. The van der Waals surface area contributed by atoms with Crippen molar-refractivity contribution in [1.29, 1.82) is 0 Å². The molecule has 1 fully saturated rings. The highest BCUT2D eigenvalue weighted by molar-refractivity contribution is 5.73. The first-order valence-corrected chi connectivity index (χ1v) is 10.4. The van der Waals surface area contributed by atoms with Crippen molar-refractivity contribution in [2.24, 2.45) is 7.05 Å². The fourth-order valence-electron chi connectivity index (χ4n) is 4.07. The van der Waals surface area contributed by atoms with Gasteiger partial charge in [-0.3, -0.25) is 4.68 Å². The van der Waals surface area contributed by atoms with Crippen LogP contribution in [0.1, 0.15) is 17.0 Å². The first-order valence-electron chi connectivity index (χ1n) is 10.4. The zero-order chi connectivity index (χ0) is 20.2. The SMILES string of the molecule is Cc1nn(C)c(C)c1CCOc1ccccc1-c1cccc(N2CCNCC2)c1. The summed E-state index contributed by atoms with van der Waals surface area (Å²) in [6.07, 6.45) is 0.862. The van der Waals surface area contributed by atoms with Crippen molar-refractivity contribution in [2.45, 2.75) is 20.3 Å². The van der Waals surface area contributed by atoms with Crippen molar-refractivity contribution in [3.05, 3.63) is 65.5 Å². The van der Waals surface area contributed by atoms with Gasteiger partial charge in [-0.05, 0) is 43.2 Å². The van der Waals surface area contributed by atoms with E-state index in [0.717, 1.165) is 49.6 Å². The molecule has 0 atom stereocenters.